The van der Waals surface area contributed by atoms with E-state index in [-0.39, 0.29) is 137 Å². The number of hydrogen-bond donors (Lipinski definition) is 8. The lowest BCUT2D eigenvalue weighted by molar-refractivity contribution is 0.0516. The first-order valence-electron chi connectivity index (χ1n) is 27.7. The molecular weight excluding hydrogens is 1070 g/mol. The number of ether oxygens (including phenoxy) is 6. The number of aliphatic hydroxyl groups is 2. The molecule has 0 saturated carbocycles. The molecule has 6 atom stereocenters. The lowest BCUT2D eigenvalue weighted by Gasteiger charge is -2.30. The van der Waals surface area contributed by atoms with Gasteiger partial charge in [0.1, 0.15) is 23.7 Å². The molecule has 438 valence electrons. The van der Waals surface area contributed by atoms with Crippen molar-refractivity contribution in [3.05, 3.63) is 119 Å². The third kappa shape index (κ3) is 18.0. The Morgan fingerprint density at radius 2 is 0.838 bits per heavy atom. The zero-order chi connectivity index (χ0) is 56.2. The number of sulfonamides is 2. The molecule has 0 radical (unpaired) electrons. The van der Waals surface area contributed by atoms with E-state index in [0.717, 1.165) is 49.9 Å². The van der Waals surface area contributed by atoms with Crippen molar-refractivity contribution in [2.24, 2.45) is 0 Å². The normalized spacial score (nSPS) is 21.0. The summed E-state index contributed by atoms with van der Waals surface area (Å²) in [7, 11) is -7.55. The number of carbonyl (C=O) groups is 2. The minimum Gasteiger partial charge on any atom is -0.484 e. The highest BCUT2D eigenvalue weighted by molar-refractivity contribution is 7.89. The summed E-state index contributed by atoms with van der Waals surface area (Å²) in [5, 5.41) is 31.3. The summed E-state index contributed by atoms with van der Waals surface area (Å²) in [6.45, 7) is 6.25. The SMILES string of the molecule is O=C(NCCCCNC(=O)NCCOCCOCCNS(=O)(=O)c1ccc(OC2c3ccccc3CC2N2CCC(O)C2)cc1)NCCOCCOCCNS(=O)(=O)c1ccc(OC2c3ccccc3CC2N2CCC(O)C2)cc1. The number of unbranched alkanes of at least 4 members (excludes halogenated alkanes) is 1. The highest BCUT2D eigenvalue weighted by atomic mass is 32.2. The smallest absolute Gasteiger partial charge is 0.314 e. The van der Waals surface area contributed by atoms with Crippen LogP contribution in [0.4, 0.5) is 9.59 Å². The van der Waals surface area contributed by atoms with Crippen molar-refractivity contribution in [2.75, 3.05) is 118 Å². The Kier molecular flexibility index (Phi) is 23.1. The zero-order valence-electron chi connectivity index (χ0n) is 45.2. The number of amides is 4. The summed E-state index contributed by atoms with van der Waals surface area (Å²) in [4.78, 5) is 29.0. The Bertz CT molecular complexity index is 2610. The molecule has 2 saturated heterocycles. The maximum Gasteiger partial charge on any atom is 0.314 e. The molecule has 6 unspecified atom stereocenters. The highest BCUT2D eigenvalue weighted by Gasteiger charge is 2.42. The maximum atomic E-state index is 12.9. The van der Waals surface area contributed by atoms with Crippen LogP contribution in [0.5, 0.6) is 11.5 Å². The third-order valence-corrected chi connectivity index (χ3v) is 17.4. The van der Waals surface area contributed by atoms with E-state index in [4.69, 9.17) is 28.4 Å². The van der Waals surface area contributed by atoms with E-state index in [1.165, 1.54) is 35.4 Å². The number of urea groups is 2. The van der Waals surface area contributed by atoms with E-state index in [1.807, 2.05) is 24.3 Å². The van der Waals surface area contributed by atoms with Crippen LogP contribution in [0.1, 0.15) is 60.1 Å². The summed E-state index contributed by atoms with van der Waals surface area (Å²) in [6, 6.07) is 28.6. The summed E-state index contributed by atoms with van der Waals surface area (Å²) in [5.74, 6) is 1.13. The fourth-order valence-electron chi connectivity index (χ4n) is 10.4. The molecule has 2 fully saturated rings. The van der Waals surface area contributed by atoms with Crippen molar-refractivity contribution in [1.29, 1.82) is 0 Å². The monoisotopic (exact) mass is 1150 g/mol. The maximum absolute atomic E-state index is 12.9. The standard InChI is InChI=1S/C56H78N8O14S2/c65-43-19-27-63(39-43)51-37-41-7-1-3-9-49(41)53(51)77-45-11-15-47(16-12-45)79(69,70)61-25-31-75-35-33-73-29-23-59-55(67)57-21-5-6-22-58-56(68)60-24-30-74-34-36-76-32-26-62-80(71,72)48-17-13-46(14-18-48)78-54-50-10-4-2-8-42(50)38-52(54)64-28-20-44(66)40-64/h1-4,7-18,43-44,51-54,61-62,65-66H,5-6,19-40H2,(H2,57,59,67)(H2,58,60,68). The molecule has 24 heteroatoms. The van der Waals surface area contributed by atoms with Gasteiger partial charge in [0, 0.05) is 65.4 Å². The highest BCUT2D eigenvalue weighted by Crippen LogP contribution is 2.41. The van der Waals surface area contributed by atoms with E-state index < -0.39 is 20.0 Å². The summed E-state index contributed by atoms with van der Waals surface area (Å²) in [6.07, 6.45) is 3.30. The molecular formula is C56H78N8O14S2. The number of benzene rings is 4. The van der Waals surface area contributed by atoms with Crippen molar-refractivity contribution in [2.45, 2.75) is 84.8 Å². The predicted molar refractivity (Wildman–Crippen MR) is 298 cm³/mol. The number of carbonyl (C=O) groups excluding carboxylic acids is 2. The van der Waals surface area contributed by atoms with Crippen LogP contribution in [-0.2, 0) is 51.8 Å². The minimum atomic E-state index is -3.77. The number of likely N-dealkylation sites (tertiary alicyclic amines) is 2. The molecule has 2 aliphatic carbocycles. The van der Waals surface area contributed by atoms with Crippen molar-refractivity contribution in [3.63, 3.8) is 0 Å². The summed E-state index contributed by atoms with van der Waals surface area (Å²) < 4.78 is 91.8. The second-order valence-corrected chi connectivity index (χ2v) is 23.7. The number of nitrogens with zero attached hydrogens (tertiary/aromatic N) is 2. The van der Waals surface area contributed by atoms with Gasteiger partial charge in [0.25, 0.3) is 0 Å². The quantitative estimate of drug-likeness (QED) is 0.0319. The zero-order valence-corrected chi connectivity index (χ0v) is 46.8. The molecule has 4 amide bonds. The fraction of sp³-hybridized carbons (Fsp3) is 0.536. The molecule has 0 bridgehead atoms. The van der Waals surface area contributed by atoms with Gasteiger partial charge in [-0.2, -0.15) is 0 Å². The van der Waals surface area contributed by atoms with Gasteiger partial charge in [-0.05, 0) is 109 Å². The largest absolute Gasteiger partial charge is 0.484 e. The number of fused-ring (bicyclic) bond motifs is 2. The van der Waals surface area contributed by atoms with E-state index in [2.05, 4.69) is 64.8 Å². The minimum absolute atomic E-state index is 0.0742. The number of hydrogen-bond acceptors (Lipinski definition) is 16. The van der Waals surface area contributed by atoms with Crippen LogP contribution in [0.3, 0.4) is 0 Å². The number of aliphatic hydroxyl groups excluding tert-OH is 2. The molecule has 0 aromatic heterocycles. The van der Waals surface area contributed by atoms with Crippen molar-refractivity contribution >= 4 is 32.1 Å². The molecule has 8 N–H and O–H groups in total. The predicted octanol–water partition coefficient (Wildman–Crippen LogP) is 2.61. The molecule has 4 aromatic carbocycles. The van der Waals surface area contributed by atoms with Gasteiger partial charge >= 0.3 is 12.1 Å². The van der Waals surface area contributed by atoms with Crippen molar-refractivity contribution in [1.82, 2.24) is 40.5 Å². The van der Waals surface area contributed by atoms with E-state index in [0.29, 0.717) is 50.5 Å². The van der Waals surface area contributed by atoms with Gasteiger partial charge in [0.2, 0.25) is 20.0 Å². The van der Waals surface area contributed by atoms with Gasteiger partial charge in [-0.25, -0.2) is 35.9 Å². The van der Waals surface area contributed by atoms with Crippen LogP contribution >= 0.6 is 0 Å². The Hall–Kier alpha value is -5.48. The molecule has 2 heterocycles. The van der Waals surface area contributed by atoms with Gasteiger partial charge in [-0.3, -0.25) is 9.80 Å². The number of β-amino-alcohol motifs (C(OH)–C–C–N with tert-alkyl or cyclic N) is 2. The lowest BCUT2D eigenvalue weighted by atomic mass is 10.1. The molecule has 4 aromatic rings. The van der Waals surface area contributed by atoms with Crippen LogP contribution < -0.4 is 40.2 Å². The number of nitrogens with one attached hydrogen (secondary N) is 6. The first kappa shape index (κ1) is 60.6. The Morgan fingerprint density at radius 1 is 0.475 bits per heavy atom. The first-order valence-corrected chi connectivity index (χ1v) is 30.7. The van der Waals surface area contributed by atoms with Gasteiger partial charge in [-0.15, -0.1) is 0 Å². The van der Waals surface area contributed by atoms with E-state index in [9.17, 15) is 36.6 Å². The topological polar surface area (TPSA) is 277 Å². The van der Waals surface area contributed by atoms with Crippen LogP contribution in [0.2, 0.25) is 0 Å². The summed E-state index contributed by atoms with van der Waals surface area (Å²) >= 11 is 0. The molecule has 0 spiro atoms. The molecule has 80 heavy (non-hydrogen) atoms. The number of rotatable bonds is 33. The van der Waals surface area contributed by atoms with E-state index >= 15 is 0 Å². The lowest BCUT2D eigenvalue weighted by Crippen LogP contribution is -2.39. The summed E-state index contributed by atoms with van der Waals surface area (Å²) in [5.41, 5.74) is 4.66. The first-order chi connectivity index (χ1) is 38.8. The third-order valence-electron chi connectivity index (χ3n) is 14.5. The average molecular weight is 1150 g/mol. The Labute approximate surface area is 469 Å². The molecule has 22 nitrogen and oxygen atoms in total. The van der Waals surface area contributed by atoms with Crippen molar-refractivity contribution in [3.8, 4) is 11.5 Å². The van der Waals surface area contributed by atoms with Crippen LogP contribution in [-0.4, -0.2) is 192 Å². The van der Waals surface area contributed by atoms with Gasteiger partial charge in [-0.1, -0.05) is 48.5 Å². The van der Waals surface area contributed by atoms with Gasteiger partial charge in [0.15, 0.2) is 0 Å². The van der Waals surface area contributed by atoms with Crippen LogP contribution in [0.15, 0.2) is 107 Å². The fourth-order valence-corrected chi connectivity index (χ4v) is 12.4. The Balaban J connectivity index is 0.565. The second kappa shape index (κ2) is 30.5. The van der Waals surface area contributed by atoms with Crippen molar-refractivity contribution < 1.29 is 65.1 Å². The Morgan fingerprint density at radius 3 is 1.21 bits per heavy atom. The molecule has 4 aliphatic rings. The van der Waals surface area contributed by atoms with Gasteiger partial charge in [0.05, 0.1) is 86.9 Å². The van der Waals surface area contributed by atoms with Gasteiger partial charge < -0.3 is 59.9 Å². The van der Waals surface area contributed by atoms with E-state index in [1.54, 1.807) is 24.3 Å². The molecule has 2 aliphatic heterocycles. The second-order valence-electron chi connectivity index (χ2n) is 20.2. The van der Waals surface area contributed by atoms with Crippen LogP contribution in [0, 0.1) is 0 Å². The van der Waals surface area contributed by atoms with Crippen LogP contribution in [0.25, 0.3) is 0 Å². The molecule has 8 rings (SSSR count). The average Bonchev–Trinajstić information content (AvgIpc) is 4.27.